The van der Waals surface area contributed by atoms with E-state index in [2.05, 4.69) is 95.2 Å². The Morgan fingerprint density at radius 3 is 1.37 bits per heavy atom. The number of hydrogen-bond donors (Lipinski definition) is 2. The van der Waals surface area contributed by atoms with Crippen LogP contribution in [0.4, 0.5) is 18.9 Å². The number of benzene rings is 3. The first-order chi connectivity index (χ1) is 26.6. The van der Waals surface area contributed by atoms with Crippen LogP contribution in [0.1, 0.15) is 188 Å². The van der Waals surface area contributed by atoms with Crippen molar-refractivity contribution in [3.63, 3.8) is 0 Å². The number of halogens is 4. The van der Waals surface area contributed by atoms with Gasteiger partial charge in [-0.15, -0.1) is 0 Å². The Bertz CT molecular complexity index is 1900. The summed E-state index contributed by atoms with van der Waals surface area (Å²) in [6.07, 6.45) is 7.92. The minimum Gasteiger partial charge on any atom is -0.369 e. The molecule has 0 saturated heterocycles. The van der Waals surface area contributed by atoms with Crippen LogP contribution in [0.3, 0.4) is 0 Å². The largest absolute Gasteiger partial charge is 0.516 e. The summed E-state index contributed by atoms with van der Waals surface area (Å²) in [5, 5.41) is 0. The van der Waals surface area contributed by atoms with Crippen LogP contribution in [-0.4, -0.2) is 49.3 Å². The molecule has 0 spiro atoms. The molecule has 14 heteroatoms. The van der Waals surface area contributed by atoms with Crippen molar-refractivity contribution in [2.45, 2.75) is 174 Å². The van der Waals surface area contributed by atoms with Gasteiger partial charge in [0.2, 0.25) is 0 Å². The number of anilines is 1. The summed E-state index contributed by atoms with van der Waals surface area (Å²) in [5.41, 5.74) is 10.5. The fraction of sp³-hybridized carbons (Fsp3) is 0.587. The van der Waals surface area contributed by atoms with E-state index in [0.29, 0.717) is 42.3 Å². The van der Waals surface area contributed by atoms with Crippen molar-refractivity contribution in [3.8, 4) is 0 Å². The molecule has 0 fully saturated rings. The zero-order chi connectivity index (χ0) is 44.1. The third kappa shape index (κ3) is 14.0. The Labute approximate surface area is 383 Å². The minimum absolute atomic E-state index is 0. The predicted octanol–water partition coefficient (Wildman–Crippen LogP) is 9.14. The van der Waals surface area contributed by atoms with Gasteiger partial charge in [-0.05, 0) is 141 Å². The number of rotatable bonds is 12. The van der Waals surface area contributed by atoms with Gasteiger partial charge in [0.1, 0.15) is 5.78 Å². The van der Waals surface area contributed by atoms with Crippen molar-refractivity contribution in [1.29, 1.82) is 0 Å². The van der Waals surface area contributed by atoms with E-state index in [1.54, 1.807) is 39.4 Å². The number of para-hydroxylation sites is 1. The zero-order valence-electron chi connectivity index (χ0n) is 38.4. The van der Waals surface area contributed by atoms with Crippen LogP contribution in [0.2, 0.25) is 0 Å². The van der Waals surface area contributed by atoms with Gasteiger partial charge in [-0.3, -0.25) is 9.52 Å². The normalized spacial score (nSPS) is 15.1. The first kappa shape index (κ1) is 56.0. The molecule has 8 nitrogen and oxygen atoms in total. The first-order valence-corrected chi connectivity index (χ1v) is 22.8. The molecule has 0 atom stereocenters. The van der Waals surface area contributed by atoms with Crippen LogP contribution in [0.15, 0.2) is 42.5 Å². The van der Waals surface area contributed by atoms with Gasteiger partial charge in [-0.25, -0.2) is 0 Å². The quantitative estimate of drug-likeness (QED) is 0.172. The maximum Gasteiger partial charge on any atom is 0.516 e. The number of quaternary nitrogens is 1. The summed E-state index contributed by atoms with van der Waals surface area (Å²) in [4.78, 5) is 13.6. The number of Topliss-reactive ketones (excluding diaryl/α,β-unsaturated/α-hetero) is 1. The third-order valence-electron chi connectivity index (χ3n) is 11.7. The molecule has 1 radical (unpaired) electrons. The molecular formula is C46H68ClF3N2NaO6S. The van der Waals surface area contributed by atoms with Gasteiger partial charge >= 0.3 is 15.5 Å². The summed E-state index contributed by atoms with van der Waals surface area (Å²) < 4.78 is 83.4. The molecule has 0 aromatic heterocycles. The number of carbonyl (C=O) groups excluding carboxylic acids is 1. The van der Waals surface area contributed by atoms with Crippen LogP contribution < -0.4 is 24.8 Å². The average molecular weight is 893 g/mol. The molecule has 0 heterocycles. The average Bonchev–Trinajstić information content (AvgIpc) is 3.57. The molecule has 0 unspecified atom stereocenters. The van der Waals surface area contributed by atoms with Gasteiger partial charge in [0, 0.05) is 48.1 Å². The standard InChI is InChI=1S/C39H58O.C7H6F3NO2S.ClO3.H3N.Na/c1-23(2)32-21-34-30(17-19-38(34,9)10)36(25(5)6)28(32)15-13-27(40)14-16-29-33(24(3)4)22-35-31(37(29)26(7)8)18-20-39(35,11)12;8-7(9,10)14(12,13)11-6-4-2-1-3-5-6;2-1(3)4;;/h21-26H,13-20H2,1-12H3;1-5,11H;;1H3;/q;;-1;;/p+1. The van der Waals surface area contributed by atoms with Crippen LogP contribution >= 0.6 is 0 Å². The topological polar surface area (TPSA) is 169 Å². The fourth-order valence-electron chi connectivity index (χ4n) is 8.87. The van der Waals surface area contributed by atoms with E-state index in [4.69, 9.17) is 14.0 Å². The Balaban J connectivity index is 0.000000752. The molecule has 0 saturated carbocycles. The van der Waals surface area contributed by atoms with E-state index in [0.717, 1.165) is 12.8 Å². The van der Waals surface area contributed by atoms with E-state index in [9.17, 15) is 26.4 Å². The minimum atomic E-state index is -5.30. The molecule has 3 aromatic rings. The van der Waals surface area contributed by atoms with Crippen molar-refractivity contribution in [3.05, 3.63) is 98.1 Å². The summed E-state index contributed by atoms with van der Waals surface area (Å²) in [5.74, 6) is 2.36. The smallest absolute Gasteiger partial charge is 0.369 e. The molecule has 0 amide bonds. The second-order valence-corrected chi connectivity index (χ2v) is 20.4. The predicted molar refractivity (Wildman–Crippen MR) is 230 cm³/mol. The van der Waals surface area contributed by atoms with E-state index in [1.165, 1.54) is 76.9 Å². The van der Waals surface area contributed by atoms with Gasteiger partial charge in [0.05, 0.1) is 10.8 Å². The summed E-state index contributed by atoms with van der Waals surface area (Å²) in [7, 11) is -8.15. The van der Waals surface area contributed by atoms with Crippen LogP contribution in [0.25, 0.3) is 0 Å². The Morgan fingerprint density at radius 1 is 0.717 bits per heavy atom. The number of nitrogens with one attached hydrogen (secondary N) is 1. The molecule has 333 valence electrons. The van der Waals surface area contributed by atoms with Crippen LogP contribution in [0.5, 0.6) is 0 Å². The zero-order valence-corrected chi connectivity index (χ0v) is 41.9. The molecule has 5 N–H and O–H groups in total. The molecule has 5 rings (SSSR count). The molecule has 2 aliphatic rings. The molecule has 0 aliphatic heterocycles. The molecule has 3 aromatic carbocycles. The number of carbonyl (C=O) groups is 1. The van der Waals surface area contributed by atoms with Crippen LogP contribution in [-0.2, 0) is 51.3 Å². The van der Waals surface area contributed by atoms with Gasteiger partial charge in [-0.2, -0.15) is 21.6 Å². The van der Waals surface area contributed by atoms with Crippen molar-refractivity contribution in [2.75, 3.05) is 4.72 Å². The van der Waals surface area contributed by atoms with Gasteiger partial charge < -0.3 is 20.1 Å². The number of fused-ring (bicyclic) bond motifs is 2. The third-order valence-corrected chi connectivity index (χ3v) is 12.9. The SMILES string of the molecule is CC(C)c1cc2c(c(C(C)C)c1CCC(=O)CCc1c(C(C)C)cc3c(c1C(C)C)CCC3(C)C)CCC2(C)C.O=S(=O)(Nc1ccccc1)C(F)(F)F.[NH4+].[Na].[O-][Cl+2]([O-])[O-]. The van der Waals surface area contributed by atoms with E-state index < -0.39 is 26.3 Å². The van der Waals surface area contributed by atoms with Gasteiger partial charge in [0.15, 0.2) is 0 Å². The summed E-state index contributed by atoms with van der Waals surface area (Å²) in [6, 6.07) is 11.9. The molecule has 2 aliphatic carbocycles. The molecule has 60 heavy (non-hydrogen) atoms. The molecular weight excluding hydrogens is 824 g/mol. The monoisotopic (exact) mass is 891 g/mol. The number of hydrogen-bond acceptors (Lipinski definition) is 6. The Kier molecular flexibility index (Phi) is 21.1. The van der Waals surface area contributed by atoms with Crippen molar-refractivity contribution >= 4 is 51.1 Å². The number of alkyl halides is 3. The second kappa shape index (κ2) is 22.6. The van der Waals surface area contributed by atoms with Gasteiger partial charge in [0.25, 0.3) is 0 Å². The van der Waals surface area contributed by atoms with Crippen molar-refractivity contribution in [2.24, 2.45) is 0 Å². The maximum atomic E-state index is 13.6. The number of ketones is 1. The van der Waals surface area contributed by atoms with E-state index in [-0.39, 0.29) is 52.2 Å². The van der Waals surface area contributed by atoms with Gasteiger partial charge in [-0.1, -0.05) is 113 Å². The maximum absolute atomic E-state index is 13.6. The van der Waals surface area contributed by atoms with Crippen molar-refractivity contribution in [1.82, 2.24) is 6.15 Å². The Hall–Kier alpha value is -2.00. The van der Waals surface area contributed by atoms with Crippen molar-refractivity contribution < 1.29 is 51.1 Å². The van der Waals surface area contributed by atoms with E-state index in [1.807, 2.05) is 0 Å². The second-order valence-electron chi connectivity index (χ2n) is 18.3. The first-order valence-electron chi connectivity index (χ1n) is 20.4. The Morgan fingerprint density at radius 2 is 1.07 bits per heavy atom. The molecule has 0 bridgehead atoms. The summed E-state index contributed by atoms with van der Waals surface area (Å²) >= 11 is 0. The number of sulfonamides is 1. The van der Waals surface area contributed by atoms with E-state index >= 15 is 0 Å². The fourth-order valence-corrected chi connectivity index (χ4v) is 9.43. The summed E-state index contributed by atoms with van der Waals surface area (Å²) in [6.45, 7) is 28.4. The van der Waals surface area contributed by atoms with Crippen LogP contribution in [0, 0.1) is 10.8 Å².